The smallest absolute Gasteiger partial charge is 0.192 e. The van der Waals surface area contributed by atoms with Crippen molar-refractivity contribution >= 4 is 8.32 Å². The zero-order chi connectivity index (χ0) is 14.8. The number of oxazole rings is 1. The molecule has 0 aliphatic carbocycles. The molecular weight excluding hydrogens is 266 g/mol. The van der Waals surface area contributed by atoms with Gasteiger partial charge in [-0.25, -0.2) is 4.98 Å². The van der Waals surface area contributed by atoms with Crippen LogP contribution in [0.5, 0.6) is 0 Å². The summed E-state index contributed by atoms with van der Waals surface area (Å²) in [5.41, 5.74) is 3.12. The number of rotatable bonds is 4. The molecule has 0 fully saturated rings. The molecule has 1 aromatic heterocycles. The predicted molar refractivity (Wildman–Crippen MR) is 83.9 cm³/mol. The second kappa shape index (κ2) is 5.54. The van der Waals surface area contributed by atoms with Crippen molar-refractivity contribution in [1.82, 2.24) is 4.98 Å². The molecule has 0 saturated heterocycles. The summed E-state index contributed by atoms with van der Waals surface area (Å²) < 4.78 is 11.2. The highest BCUT2D eigenvalue weighted by molar-refractivity contribution is 6.74. The van der Waals surface area contributed by atoms with E-state index in [1.54, 1.807) is 6.26 Å². The van der Waals surface area contributed by atoms with E-state index in [4.69, 9.17) is 8.84 Å². The Balaban J connectivity index is 2.02. The van der Waals surface area contributed by atoms with Gasteiger partial charge in [0.2, 0.25) is 0 Å². The summed E-state index contributed by atoms with van der Waals surface area (Å²) in [5, 5.41) is 0.244. The van der Waals surface area contributed by atoms with Gasteiger partial charge >= 0.3 is 0 Å². The molecular formula is C16H23NO2Si. The van der Waals surface area contributed by atoms with Gasteiger partial charge in [-0.15, -0.1) is 0 Å². The lowest BCUT2D eigenvalue weighted by Gasteiger charge is -2.36. The second-order valence-corrected chi connectivity index (χ2v) is 11.4. The minimum absolute atomic E-state index is 0.244. The van der Waals surface area contributed by atoms with Crippen LogP contribution < -0.4 is 0 Å². The van der Waals surface area contributed by atoms with Gasteiger partial charge in [-0.2, -0.15) is 0 Å². The van der Waals surface area contributed by atoms with Crippen LogP contribution >= 0.6 is 0 Å². The first kappa shape index (κ1) is 15.0. The second-order valence-electron chi connectivity index (χ2n) is 6.62. The van der Waals surface area contributed by atoms with E-state index >= 15 is 0 Å². The molecule has 2 rings (SSSR count). The van der Waals surface area contributed by atoms with Crippen LogP contribution in [0.3, 0.4) is 0 Å². The van der Waals surface area contributed by atoms with Crippen LogP contribution in [0.1, 0.15) is 26.3 Å². The average molecular weight is 289 g/mol. The lowest BCUT2D eigenvalue weighted by atomic mass is 10.1. The number of aromatic nitrogens is 1. The SMILES string of the molecule is CC(C)(C)[Si](C)(C)OCc1ccc(-c2cocn2)cc1. The molecule has 0 saturated carbocycles. The number of hydrogen-bond donors (Lipinski definition) is 0. The van der Waals surface area contributed by atoms with Crippen LogP contribution in [0.15, 0.2) is 41.3 Å². The van der Waals surface area contributed by atoms with Gasteiger partial charge in [0.1, 0.15) is 12.0 Å². The minimum atomic E-state index is -1.68. The lowest BCUT2D eigenvalue weighted by molar-refractivity contribution is 0.276. The third kappa shape index (κ3) is 3.38. The molecule has 2 aromatic rings. The maximum atomic E-state index is 6.22. The van der Waals surface area contributed by atoms with Gasteiger partial charge in [0.05, 0.1) is 6.61 Å². The van der Waals surface area contributed by atoms with Crippen molar-refractivity contribution in [2.45, 2.75) is 45.5 Å². The van der Waals surface area contributed by atoms with Gasteiger partial charge in [-0.1, -0.05) is 45.0 Å². The third-order valence-electron chi connectivity index (χ3n) is 4.09. The van der Waals surface area contributed by atoms with Gasteiger partial charge < -0.3 is 8.84 Å². The van der Waals surface area contributed by atoms with Crippen LogP contribution in [0.4, 0.5) is 0 Å². The van der Waals surface area contributed by atoms with Gasteiger partial charge in [-0.05, 0) is 23.7 Å². The lowest BCUT2D eigenvalue weighted by Crippen LogP contribution is -2.40. The van der Waals surface area contributed by atoms with E-state index in [0.29, 0.717) is 6.61 Å². The van der Waals surface area contributed by atoms with Crippen molar-refractivity contribution in [1.29, 1.82) is 0 Å². The molecule has 0 spiro atoms. The number of benzene rings is 1. The van der Waals surface area contributed by atoms with Gasteiger partial charge in [-0.3, -0.25) is 0 Å². The standard InChI is InChI=1S/C16H23NO2Si/c1-16(2,3)20(4,5)19-10-13-6-8-14(9-7-13)15-11-18-12-17-15/h6-9,11-12H,10H2,1-5H3. The van der Waals surface area contributed by atoms with E-state index in [0.717, 1.165) is 11.3 Å². The molecule has 0 atom stereocenters. The van der Waals surface area contributed by atoms with E-state index in [9.17, 15) is 0 Å². The van der Waals surface area contributed by atoms with Crippen LogP contribution in [0.2, 0.25) is 18.1 Å². The molecule has 0 aliphatic rings. The molecule has 4 heteroatoms. The molecule has 0 N–H and O–H groups in total. The predicted octanol–water partition coefficient (Wildman–Crippen LogP) is 4.86. The van der Waals surface area contributed by atoms with Crippen molar-refractivity contribution in [3.05, 3.63) is 42.5 Å². The van der Waals surface area contributed by atoms with E-state index in [1.165, 1.54) is 12.0 Å². The first-order valence-corrected chi connectivity index (χ1v) is 9.82. The third-order valence-corrected chi connectivity index (χ3v) is 8.57. The summed E-state index contributed by atoms with van der Waals surface area (Å²) in [5.74, 6) is 0. The van der Waals surface area contributed by atoms with Crippen LogP contribution in [0.25, 0.3) is 11.3 Å². The summed E-state index contributed by atoms with van der Waals surface area (Å²) in [4.78, 5) is 4.14. The fraction of sp³-hybridized carbons (Fsp3) is 0.438. The van der Waals surface area contributed by atoms with Crippen LogP contribution in [0, 0.1) is 0 Å². The Hall–Kier alpha value is -1.39. The molecule has 0 aliphatic heterocycles. The first-order chi connectivity index (χ1) is 9.29. The normalized spacial score (nSPS) is 12.7. The summed E-state index contributed by atoms with van der Waals surface area (Å²) >= 11 is 0. The number of nitrogens with zero attached hydrogens (tertiary/aromatic N) is 1. The van der Waals surface area contributed by atoms with E-state index in [2.05, 4.69) is 63.1 Å². The highest BCUT2D eigenvalue weighted by Gasteiger charge is 2.36. The summed E-state index contributed by atoms with van der Waals surface area (Å²) in [7, 11) is -1.68. The fourth-order valence-electron chi connectivity index (χ4n) is 1.61. The molecule has 108 valence electrons. The van der Waals surface area contributed by atoms with E-state index in [1.807, 2.05) is 0 Å². The Morgan fingerprint density at radius 2 is 1.80 bits per heavy atom. The Bertz CT molecular complexity index is 539. The topological polar surface area (TPSA) is 35.3 Å². The molecule has 0 unspecified atom stereocenters. The van der Waals surface area contributed by atoms with E-state index < -0.39 is 8.32 Å². The van der Waals surface area contributed by atoms with Gasteiger partial charge in [0.25, 0.3) is 0 Å². The molecule has 0 amide bonds. The molecule has 0 bridgehead atoms. The van der Waals surface area contributed by atoms with Crippen LogP contribution in [-0.2, 0) is 11.0 Å². The Morgan fingerprint density at radius 3 is 2.30 bits per heavy atom. The Labute approximate surface area is 122 Å². The van der Waals surface area contributed by atoms with E-state index in [-0.39, 0.29) is 5.04 Å². The van der Waals surface area contributed by atoms with Crippen molar-refractivity contribution < 1.29 is 8.84 Å². The largest absolute Gasteiger partial charge is 0.451 e. The van der Waals surface area contributed by atoms with Gasteiger partial charge in [0, 0.05) is 5.56 Å². The Morgan fingerprint density at radius 1 is 1.15 bits per heavy atom. The fourth-order valence-corrected chi connectivity index (χ4v) is 2.57. The highest BCUT2D eigenvalue weighted by Crippen LogP contribution is 2.37. The molecule has 0 radical (unpaired) electrons. The van der Waals surface area contributed by atoms with Gasteiger partial charge in [0.15, 0.2) is 14.7 Å². The van der Waals surface area contributed by atoms with Crippen molar-refractivity contribution in [3.8, 4) is 11.3 Å². The van der Waals surface area contributed by atoms with Crippen LogP contribution in [-0.4, -0.2) is 13.3 Å². The zero-order valence-electron chi connectivity index (χ0n) is 12.9. The minimum Gasteiger partial charge on any atom is -0.451 e. The highest BCUT2D eigenvalue weighted by atomic mass is 28.4. The Kier molecular flexibility index (Phi) is 4.16. The first-order valence-electron chi connectivity index (χ1n) is 6.91. The maximum absolute atomic E-state index is 6.22. The summed E-state index contributed by atoms with van der Waals surface area (Å²) in [6.45, 7) is 12.0. The summed E-state index contributed by atoms with van der Waals surface area (Å²) in [6.07, 6.45) is 3.10. The molecule has 3 nitrogen and oxygen atoms in total. The molecule has 1 aromatic carbocycles. The molecule has 20 heavy (non-hydrogen) atoms. The van der Waals surface area contributed by atoms with Crippen molar-refractivity contribution in [3.63, 3.8) is 0 Å². The number of hydrogen-bond acceptors (Lipinski definition) is 3. The monoisotopic (exact) mass is 289 g/mol. The van der Waals surface area contributed by atoms with Crippen molar-refractivity contribution in [2.24, 2.45) is 0 Å². The molecule has 1 heterocycles. The summed E-state index contributed by atoms with van der Waals surface area (Å²) in [6, 6.07) is 8.30. The zero-order valence-corrected chi connectivity index (χ0v) is 13.9. The maximum Gasteiger partial charge on any atom is 0.192 e. The van der Waals surface area contributed by atoms with Crippen molar-refractivity contribution in [2.75, 3.05) is 0 Å². The quantitative estimate of drug-likeness (QED) is 0.754. The average Bonchev–Trinajstić information content (AvgIpc) is 2.89.